The van der Waals surface area contributed by atoms with Gasteiger partial charge in [-0.1, -0.05) is 0 Å². The summed E-state index contributed by atoms with van der Waals surface area (Å²) in [6, 6.07) is 0. The minimum Gasteiger partial charge on any atom is -0.378 e. The van der Waals surface area contributed by atoms with E-state index in [-0.39, 0.29) is 6.23 Å². The molecule has 6 nitrogen and oxygen atoms in total. The molecule has 1 fully saturated rings. The summed E-state index contributed by atoms with van der Waals surface area (Å²) in [7, 11) is 1.62. The van der Waals surface area contributed by atoms with Crippen LogP contribution in [-0.4, -0.2) is 48.0 Å². The van der Waals surface area contributed by atoms with Crippen molar-refractivity contribution < 1.29 is 22.6 Å². The predicted octanol–water partition coefficient (Wildman–Crippen LogP) is 1.87. The molecule has 23 heavy (non-hydrogen) atoms. The largest absolute Gasteiger partial charge is 0.408 e. The van der Waals surface area contributed by atoms with Gasteiger partial charge in [0, 0.05) is 32.0 Å². The second-order valence-corrected chi connectivity index (χ2v) is 5.87. The molecule has 0 aromatic carbocycles. The third-order valence-corrected chi connectivity index (χ3v) is 4.16. The molecule has 1 saturated heterocycles. The molecule has 0 bridgehead atoms. The van der Waals surface area contributed by atoms with E-state index in [9.17, 15) is 13.2 Å². The van der Waals surface area contributed by atoms with Crippen molar-refractivity contribution in [3.8, 4) is 0 Å². The van der Waals surface area contributed by atoms with E-state index in [1.165, 1.54) is 12.4 Å². The SMILES string of the molecule is CO[C@H]1NC(C2(Nc3cnn(CC(F)(F)F)c3)CCOC2)=C1C. The summed E-state index contributed by atoms with van der Waals surface area (Å²) in [4.78, 5) is 0. The lowest BCUT2D eigenvalue weighted by atomic mass is 9.86. The van der Waals surface area contributed by atoms with Crippen LogP contribution in [0.2, 0.25) is 0 Å². The maximum Gasteiger partial charge on any atom is 0.408 e. The summed E-state index contributed by atoms with van der Waals surface area (Å²) in [6.07, 6.45) is -0.952. The van der Waals surface area contributed by atoms with E-state index < -0.39 is 18.3 Å². The van der Waals surface area contributed by atoms with Crippen molar-refractivity contribution in [3.05, 3.63) is 23.7 Å². The minimum atomic E-state index is -4.29. The van der Waals surface area contributed by atoms with Crippen molar-refractivity contribution in [3.63, 3.8) is 0 Å². The molecular formula is C14H19F3N4O2. The predicted molar refractivity (Wildman–Crippen MR) is 76.7 cm³/mol. The summed E-state index contributed by atoms with van der Waals surface area (Å²) < 4.78 is 48.9. The van der Waals surface area contributed by atoms with E-state index in [1.54, 1.807) is 7.11 Å². The zero-order valence-corrected chi connectivity index (χ0v) is 12.9. The quantitative estimate of drug-likeness (QED) is 0.862. The smallest absolute Gasteiger partial charge is 0.378 e. The van der Waals surface area contributed by atoms with Gasteiger partial charge in [-0.25, -0.2) is 0 Å². The van der Waals surface area contributed by atoms with Gasteiger partial charge in [-0.3, -0.25) is 4.68 Å². The topological polar surface area (TPSA) is 60.3 Å². The summed E-state index contributed by atoms with van der Waals surface area (Å²) in [6.45, 7) is 1.88. The number of alkyl halides is 3. The number of aromatic nitrogens is 2. The first-order valence-corrected chi connectivity index (χ1v) is 7.29. The highest BCUT2D eigenvalue weighted by Gasteiger charge is 2.45. The maximum absolute atomic E-state index is 12.4. The summed E-state index contributed by atoms with van der Waals surface area (Å²) in [5.74, 6) is 0. The van der Waals surface area contributed by atoms with Gasteiger partial charge < -0.3 is 20.1 Å². The first-order chi connectivity index (χ1) is 10.8. The lowest BCUT2D eigenvalue weighted by molar-refractivity contribution is -0.142. The Labute approximate surface area is 131 Å². The van der Waals surface area contributed by atoms with Gasteiger partial charge in [0.15, 0.2) is 6.23 Å². The van der Waals surface area contributed by atoms with Crippen LogP contribution in [0.3, 0.4) is 0 Å². The van der Waals surface area contributed by atoms with Crippen LogP contribution < -0.4 is 10.6 Å². The lowest BCUT2D eigenvalue weighted by Gasteiger charge is -2.43. The molecular weight excluding hydrogens is 313 g/mol. The van der Waals surface area contributed by atoms with E-state index in [2.05, 4.69) is 15.7 Å². The lowest BCUT2D eigenvalue weighted by Crippen LogP contribution is -2.56. The fourth-order valence-electron chi connectivity index (χ4n) is 3.06. The first kappa shape index (κ1) is 16.1. The van der Waals surface area contributed by atoms with E-state index >= 15 is 0 Å². The Hall–Kier alpha value is -1.74. The van der Waals surface area contributed by atoms with Crippen LogP contribution in [0.15, 0.2) is 23.7 Å². The highest BCUT2D eigenvalue weighted by Crippen LogP contribution is 2.37. The third kappa shape index (κ3) is 3.16. The average molecular weight is 332 g/mol. The molecule has 1 unspecified atom stereocenters. The molecule has 1 aromatic rings. The average Bonchev–Trinajstić information content (AvgIpc) is 3.07. The van der Waals surface area contributed by atoms with Crippen molar-refractivity contribution >= 4 is 5.69 Å². The van der Waals surface area contributed by atoms with Gasteiger partial charge >= 0.3 is 6.18 Å². The van der Waals surface area contributed by atoms with E-state index in [1.807, 2.05) is 6.92 Å². The fraction of sp³-hybridized carbons (Fsp3) is 0.643. The highest BCUT2D eigenvalue weighted by molar-refractivity contribution is 5.49. The van der Waals surface area contributed by atoms with Crippen LogP contribution in [0.25, 0.3) is 0 Å². The van der Waals surface area contributed by atoms with Crippen molar-refractivity contribution in [2.24, 2.45) is 0 Å². The Bertz CT molecular complexity index is 605. The fourth-order valence-corrected chi connectivity index (χ4v) is 3.06. The molecule has 1 aromatic heterocycles. The maximum atomic E-state index is 12.4. The molecule has 2 N–H and O–H groups in total. The number of anilines is 1. The van der Waals surface area contributed by atoms with Gasteiger partial charge in [0.25, 0.3) is 0 Å². The van der Waals surface area contributed by atoms with Crippen LogP contribution in [0.5, 0.6) is 0 Å². The number of nitrogens with one attached hydrogen (secondary N) is 2. The van der Waals surface area contributed by atoms with Crippen molar-refractivity contribution in [1.29, 1.82) is 0 Å². The van der Waals surface area contributed by atoms with Gasteiger partial charge in [0.2, 0.25) is 0 Å². The minimum absolute atomic E-state index is 0.128. The Morgan fingerprint density at radius 3 is 2.91 bits per heavy atom. The summed E-state index contributed by atoms with van der Waals surface area (Å²) in [5.41, 5.74) is 2.09. The van der Waals surface area contributed by atoms with E-state index in [0.717, 1.165) is 16.0 Å². The Morgan fingerprint density at radius 2 is 2.35 bits per heavy atom. The van der Waals surface area contributed by atoms with Crippen molar-refractivity contribution in [2.45, 2.75) is 37.8 Å². The Kier molecular flexibility index (Phi) is 4.01. The van der Waals surface area contributed by atoms with Gasteiger partial charge in [0.05, 0.1) is 18.5 Å². The molecule has 128 valence electrons. The van der Waals surface area contributed by atoms with Crippen LogP contribution in [0.4, 0.5) is 18.9 Å². The zero-order chi connectivity index (χ0) is 16.7. The highest BCUT2D eigenvalue weighted by atomic mass is 19.4. The zero-order valence-electron chi connectivity index (χ0n) is 12.9. The van der Waals surface area contributed by atoms with Gasteiger partial charge in [0.1, 0.15) is 12.1 Å². The van der Waals surface area contributed by atoms with Gasteiger partial charge in [-0.2, -0.15) is 18.3 Å². The molecule has 0 amide bonds. The van der Waals surface area contributed by atoms with Crippen LogP contribution in [0.1, 0.15) is 13.3 Å². The Balaban J connectivity index is 1.78. The number of halogens is 3. The van der Waals surface area contributed by atoms with Crippen LogP contribution >= 0.6 is 0 Å². The summed E-state index contributed by atoms with van der Waals surface area (Å²) >= 11 is 0. The number of methoxy groups -OCH3 is 1. The molecule has 0 radical (unpaired) electrons. The van der Waals surface area contributed by atoms with Crippen molar-refractivity contribution in [2.75, 3.05) is 25.6 Å². The molecule has 3 heterocycles. The van der Waals surface area contributed by atoms with E-state index in [0.29, 0.717) is 25.3 Å². The second-order valence-electron chi connectivity index (χ2n) is 5.87. The number of nitrogens with zero attached hydrogens (tertiary/aromatic N) is 2. The number of ether oxygens (including phenoxy) is 2. The molecule has 2 aliphatic heterocycles. The Morgan fingerprint density at radius 1 is 1.57 bits per heavy atom. The molecule has 2 atom stereocenters. The molecule has 0 aliphatic carbocycles. The number of hydrogen-bond acceptors (Lipinski definition) is 5. The normalized spacial score (nSPS) is 27.8. The number of rotatable bonds is 5. The van der Waals surface area contributed by atoms with Gasteiger partial charge in [-0.15, -0.1) is 0 Å². The molecule has 0 saturated carbocycles. The molecule has 2 aliphatic rings. The van der Waals surface area contributed by atoms with Crippen molar-refractivity contribution in [1.82, 2.24) is 15.1 Å². The second kappa shape index (κ2) is 5.72. The van der Waals surface area contributed by atoms with Crippen LogP contribution in [0, 0.1) is 0 Å². The molecule has 0 spiro atoms. The summed E-state index contributed by atoms with van der Waals surface area (Å²) in [5, 5.41) is 10.3. The molecule has 3 rings (SSSR count). The standard InChI is InChI=1S/C14H19F3N4O2/c1-9-11(19-12(9)22-2)13(3-4-23-8-13)20-10-5-18-21(6-10)7-14(15,16)17/h5-6,12,19-20H,3-4,7-8H2,1-2H3/t12-,13?/m1/s1. The monoisotopic (exact) mass is 332 g/mol. The number of hydrogen-bond donors (Lipinski definition) is 2. The molecule has 9 heteroatoms. The third-order valence-electron chi connectivity index (χ3n) is 4.16. The van der Waals surface area contributed by atoms with Gasteiger partial charge in [-0.05, 0) is 12.5 Å². The van der Waals surface area contributed by atoms with Crippen LogP contribution in [-0.2, 0) is 16.0 Å². The van der Waals surface area contributed by atoms with E-state index in [4.69, 9.17) is 9.47 Å². The first-order valence-electron chi connectivity index (χ1n) is 7.29.